The lowest BCUT2D eigenvalue weighted by Gasteiger charge is -2.35. The Kier molecular flexibility index (Phi) is 3.60. The predicted molar refractivity (Wildman–Crippen MR) is 54.5 cm³/mol. The summed E-state index contributed by atoms with van der Waals surface area (Å²) in [4.78, 5) is 0. The van der Waals surface area contributed by atoms with Gasteiger partial charge in [-0.25, -0.2) is 12.7 Å². The van der Waals surface area contributed by atoms with Gasteiger partial charge in [0.1, 0.15) is 0 Å². The first-order valence-electron chi connectivity index (χ1n) is 4.53. The van der Waals surface area contributed by atoms with Gasteiger partial charge < -0.3 is 0 Å². The summed E-state index contributed by atoms with van der Waals surface area (Å²) in [5.41, 5.74) is 0. The molecule has 1 aliphatic carbocycles. The van der Waals surface area contributed by atoms with Gasteiger partial charge in [0.15, 0.2) is 0 Å². The van der Waals surface area contributed by atoms with Gasteiger partial charge >= 0.3 is 0 Å². The Labute approximate surface area is 85.1 Å². The smallest absolute Gasteiger partial charge is 0.212 e. The number of rotatable bonds is 4. The Morgan fingerprint density at radius 3 is 2.38 bits per heavy atom. The zero-order chi connectivity index (χ0) is 10.1. The molecule has 1 atom stereocenters. The third-order valence-electron chi connectivity index (χ3n) is 2.72. The van der Waals surface area contributed by atoms with Crippen molar-refractivity contribution >= 4 is 21.6 Å². The van der Waals surface area contributed by atoms with Crippen LogP contribution in [0.15, 0.2) is 0 Å². The molecule has 0 bridgehead atoms. The van der Waals surface area contributed by atoms with Gasteiger partial charge in [0.05, 0.1) is 5.25 Å². The standard InChI is InChI=1S/C8H16ClNO2S/c1-7(6-9)13(11,12)10(2)8-4-3-5-8/h7-8H,3-6H2,1-2H3. The third-order valence-corrected chi connectivity index (χ3v) is 5.65. The fraction of sp³-hybridized carbons (Fsp3) is 1.00. The van der Waals surface area contributed by atoms with Crippen molar-refractivity contribution in [3.05, 3.63) is 0 Å². The molecular formula is C8H16ClNO2S. The zero-order valence-electron chi connectivity index (χ0n) is 8.03. The molecule has 1 saturated carbocycles. The minimum absolute atomic E-state index is 0.166. The second-order valence-electron chi connectivity index (χ2n) is 3.61. The van der Waals surface area contributed by atoms with Crippen LogP contribution in [0.2, 0.25) is 0 Å². The average Bonchev–Trinajstić information content (AvgIpc) is 1.99. The molecule has 0 spiro atoms. The van der Waals surface area contributed by atoms with E-state index in [1.165, 1.54) is 4.31 Å². The van der Waals surface area contributed by atoms with Crippen LogP contribution < -0.4 is 0 Å². The van der Waals surface area contributed by atoms with Gasteiger partial charge in [-0.1, -0.05) is 6.42 Å². The van der Waals surface area contributed by atoms with Crippen LogP contribution in [-0.2, 0) is 10.0 Å². The van der Waals surface area contributed by atoms with Gasteiger partial charge in [-0.3, -0.25) is 0 Å². The lowest BCUT2D eigenvalue weighted by atomic mass is 9.94. The van der Waals surface area contributed by atoms with Crippen molar-refractivity contribution in [3.63, 3.8) is 0 Å². The molecule has 0 N–H and O–H groups in total. The van der Waals surface area contributed by atoms with Gasteiger partial charge in [-0.2, -0.15) is 0 Å². The molecule has 0 aromatic carbocycles. The minimum atomic E-state index is -3.15. The van der Waals surface area contributed by atoms with E-state index in [0.29, 0.717) is 0 Å². The highest BCUT2D eigenvalue weighted by Crippen LogP contribution is 2.27. The summed E-state index contributed by atoms with van der Waals surface area (Å²) in [6.07, 6.45) is 3.12. The number of sulfonamides is 1. The summed E-state index contributed by atoms with van der Waals surface area (Å²) in [5.74, 6) is 0.166. The van der Waals surface area contributed by atoms with Crippen molar-refractivity contribution in [2.75, 3.05) is 12.9 Å². The quantitative estimate of drug-likeness (QED) is 0.679. The second kappa shape index (κ2) is 4.15. The van der Waals surface area contributed by atoms with E-state index in [-0.39, 0.29) is 11.9 Å². The number of nitrogens with zero attached hydrogens (tertiary/aromatic N) is 1. The maximum absolute atomic E-state index is 11.7. The molecule has 13 heavy (non-hydrogen) atoms. The topological polar surface area (TPSA) is 37.4 Å². The molecule has 0 aromatic heterocycles. The molecule has 0 aliphatic heterocycles. The van der Waals surface area contributed by atoms with Crippen molar-refractivity contribution < 1.29 is 8.42 Å². The highest BCUT2D eigenvalue weighted by Gasteiger charge is 2.33. The third kappa shape index (κ3) is 2.17. The first-order valence-corrected chi connectivity index (χ1v) is 6.56. The Hall–Kier alpha value is 0.200. The molecule has 1 fully saturated rings. The molecule has 0 heterocycles. The molecule has 1 rings (SSSR count). The maximum atomic E-state index is 11.7. The Morgan fingerprint density at radius 1 is 1.54 bits per heavy atom. The van der Waals surface area contributed by atoms with Crippen molar-refractivity contribution in [2.45, 2.75) is 37.5 Å². The number of hydrogen-bond acceptors (Lipinski definition) is 2. The van der Waals surface area contributed by atoms with E-state index < -0.39 is 15.3 Å². The highest BCUT2D eigenvalue weighted by molar-refractivity contribution is 7.89. The Bertz CT molecular complexity index is 261. The van der Waals surface area contributed by atoms with Crippen LogP contribution in [0.5, 0.6) is 0 Å². The van der Waals surface area contributed by atoms with Crippen LogP contribution in [0.1, 0.15) is 26.2 Å². The van der Waals surface area contributed by atoms with Gasteiger partial charge in [0.2, 0.25) is 10.0 Å². The molecule has 1 aliphatic rings. The minimum Gasteiger partial charge on any atom is -0.212 e. The lowest BCUT2D eigenvalue weighted by molar-refractivity contribution is 0.248. The molecule has 0 saturated heterocycles. The molecular weight excluding hydrogens is 210 g/mol. The molecule has 78 valence electrons. The molecule has 0 radical (unpaired) electrons. The SMILES string of the molecule is CC(CCl)S(=O)(=O)N(C)C1CCC1. The molecule has 5 heteroatoms. The number of alkyl halides is 1. The van der Waals surface area contributed by atoms with Crippen LogP contribution in [0, 0.1) is 0 Å². The van der Waals surface area contributed by atoms with Gasteiger partial charge in [-0.05, 0) is 19.8 Å². The van der Waals surface area contributed by atoms with Crippen LogP contribution in [0.25, 0.3) is 0 Å². The molecule has 0 amide bonds. The molecule has 0 aromatic rings. The van der Waals surface area contributed by atoms with E-state index in [0.717, 1.165) is 19.3 Å². The molecule has 1 unspecified atom stereocenters. The van der Waals surface area contributed by atoms with E-state index in [1.54, 1.807) is 14.0 Å². The van der Waals surface area contributed by atoms with E-state index in [9.17, 15) is 8.42 Å². The van der Waals surface area contributed by atoms with E-state index in [4.69, 9.17) is 11.6 Å². The Morgan fingerprint density at radius 2 is 2.08 bits per heavy atom. The second-order valence-corrected chi connectivity index (χ2v) is 6.33. The maximum Gasteiger partial charge on any atom is 0.217 e. The normalized spacial score (nSPS) is 21.5. The largest absolute Gasteiger partial charge is 0.217 e. The zero-order valence-corrected chi connectivity index (χ0v) is 9.61. The fourth-order valence-electron chi connectivity index (χ4n) is 1.32. The summed E-state index contributed by atoms with van der Waals surface area (Å²) in [6, 6.07) is 0.218. The van der Waals surface area contributed by atoms with Gasteiger partial charge in [0.25, 0.3) is 0 Å². The molecule has 3 nitrogen and oxygen atoms in total. The first-order chi connectivity index (χ1) is 6.00. The van der Waals surface area contributed by atoms with Crippen LogP contribution in [0.4, 0.5) is 0 Å². The average molecular weight is 226 g/mol. The van der Waals surface area contributed by atoms with Crippen LogP contribution >= 0.6 is 11.6 Å². The summed E-state index contributed by atoms with van der Waals surface area (Å²) < 4.78 is 25.0. The van der Waals surface area contributed by atoms with Gasteiger partial charge in [-0.15, -0.1) is 11.6 Å². The van der Waals surface area contributed by atoms with E-state index >= 15 is 0 Å². The van der Waals surface area contributed by atoms with Crippen LogP contribution in [0.3, 0.4) is 0 Å². The predicted octanol–water partition coefficient (Wildman–Crippen LogP) is 1.43. The Balaban J connectivity index is 2.67. The summed E-state index contributed by atoms with van der Waals surface area (Å²) >= 11 is 5.54. The summed E-state index contributed by atoms with van der Waals surface area (Å²) in [7, 11) is -1.49. The summed E-state index contributed by atoms with van der Waals surface area (Å²) in [5, 5.41) is -0.472. The van der Waals surface area contributed by atoms with Crippen molar-refractivity contribution in [1.29, 1.82) is 0 Å². The fourth-order valence-corrected chi connectivity index (χ4v) is 3.15. The van der Waals surface area contributed by atoms with E-state index in [2.05, 4.69) is 0 Å². The van der Waals surface area contributed by atoms with Crippen LogP contribution in [-0.4, -0.2) is 36.9 Å². The van der Waals surface area contributed by atoms with E-state index in [1.807, 2.05) is 0 Å². The highest BCUT2D eigenvalue weighted by atomic mass is 35.5. The van der Waals surface area contributed by atoms with Crippen molar-refractivity contribution in [2.24, 2.45) is 0 Å². The van der Waals surface area contributed by atoms with Gasteiger partial charge in [0, 0.05) is 19.0 Å². The summed E-state index contributed by atoms with van der Waals surface area (Å²) in [6.45, 7) is 1.65. The number of hydrogen-bond donors (Lipinski definition) is 0. The van der Waals surface area contributed by atoms with Crippen molar-refractivity contribution in [1.82, 2.24) is 4.31 Å². The lowest BCUT2D eigenvalue weighted by Crippen LogP contribution is -2.45. The number of halogens is 1. The monoisotopic (exact) mass is 225 g/mol. The van der Waals surface area contributed by atoms with Crippen molar-refractivity contribution in [3.8, 4) is 0 Å². The first kappa shape index (κ1) is 11.3.